The number of nitrogens with zero attached hydrogens (tertiary/aromatic N) is 1. The van der Waals surface area contributed by atoms with Crippen molar-refractivity contribution in [1.82, 2.24) is 0 Å². The third-order valence-electron chi connectivity index (χ3n) is 1.83. The van der Waals surface area contributed by atoms with Crippen LogP contribution in [-0.4, -0.2) is 40.6 Å². The van der Waals surface area contributed by atoms with E-state index in [0.717, 1.165) is 0 Å². The molecule has 3 atom stereocenters. The van der Waals surface area contributed by atoms with Crippen molar-refractivity contribution in [2.75, 3.05) is 13.1 Å². The van der Waals surface area contributed by atoms with Crippen LogP contribution in [0.15, 0.2) is 5.18 Å². The number of aliphatic hydroxyl groups excluding tert-OH is 1. The Kier molecular flexibility index (Phi) is 5.21. The van der Waals surface area contributed by atoms with Gasteiger partial charge in [-0.2, -0.15) is 4.91 Å². The molecule has 0 aliphatic heterocycles. The van der Waals surface area contributed by atoms with Crippen LogP contribution in [0, 0.1) is 4.91 Å². The molecule has 0 amide bonds. The van der Waals surface area contributed by atoms with Gasteiger partial charge in [0.2, 0.25) is 0 Å². The van der Waals surface area contributed by atoms with Crippen molar-refractivity contribution in [3.05, 3.63) is 4.91 Å². The maximum absolute atomic E-state index is 10.1. The van der Waals surface area contributed by atoms with Crippen LogP contribution in [0.2, 0.25) is 5.54 Å². The van der Waals surface area contributed by atoms with Gasteiger partial charge in [0.25, 0.3) is 0 Å². The molecule has 0 aliphatic rings. The highest BCUT2D eigenvalue weighted by Crippen LogP contribution is 2.13. The molecule has 6 heteroatoms. The molecular weight excluding hydrogens is 162 g/mol. The molecule has 0 fully saturated rings. The Morgan fingerprint density at radius 3 is 2.27 bits per heavy atom. The Labute approximate surface area is 68.5 Å². The second kappa shape index (κ2) is 5.36. The highest BCUT2D eigenvalue weighted by molar-refractivity contribution is 6.12. The number of hydrogen-bond acceptors (Lipinski definition) is 5. The second-order valence-electron chi connectivity index (χ2n) is 2.57. The van der Waals surface area contributed by atoms with Crippen LogP contribution in [0.25, 0.3) is 0 Å². The molecule has 0 rings (SSSR count). The molecule has 5 nitrogen and oxygen atoms in total. The van der Waals surface area contributed by atoms with E-state index in [-0.39, 0.29) is 18.6 Å². The lowest BCUT2D eigenvalue weighted by Crippen LogP contribution is -2.35. The first-order valence-corrected chi connectivity index (χ1v) is 4.73. The Hall–Kier alpha value is -0.303. The summed E-state index contributed by atoms with van der Waals surface area (Å²) < 4.78 is 0. The molecule has 0 bridgehead atoms. The highest BCUT2D eigenvalue weighted by atomic mass is 28.1. The molecular formula is C5H15N3O2Si. The number of hydrogen-bond donors (Lipinski definition) is 3. The number of rotatable bonds is 5. The number of nitrogens with two attached hydrogens (primary N) is 2. The van der Waals surface area contributed by atoms with E-state index < -0.39 is 12.1 Å². The Morgan fingerprint density at radius 1 is 1.45 bits per heavy atom. The van der Waals surface area contributed by atoms with Crippen molar-refractivity contribution in [3.8, 4) is 0 Å². The van der Waals surface area contributed by atoms with Crippen LogP contribution in [0.1, 0.15) is 0 Å². The lowest BCUT2D eigenvalue weighted by Gasteiger charge is -2.20. The van der Waals surface area contributed by atoms with E-state index in [0.29, 0.717) is 10.2 Å². The smallest absolute Gasteiger partial charge is 0.106 e. The van der Waals surface area contributed by atoms with Gasteiger partial charge in [0, 0.05) is 23.3 Å². The fourth-order valence-electron chi connectivity index (χ4n) is 0.825. The zero-order chi connectivity index (χ0) is 8.85. The van der Waals surface area contributed by atoms with Crippen molar-refractivity contribution >= 4 is 10.2 Å². The van der Waals surface area contributed by atoms with Crippen molar-refractivity contribution < 1.29 is 5.11 Å². The predicted octanol–water partition coefficient (Wildman–Crippen LogP) is -2.45. The van der Waals surface area contributed by atoms with Crippen molar-refractivity contribution in [1.29, 1.82) is 0 Å². The molecule has 5 N–H and O–H groups in total. The van der Waals surface area contributed by atoms with Gasteiger partial charge >= 0.3 is 0 Å². The fraction of sp³-hybridized carbons (Fsp3) is 1.00. The van der Waals surface area contributed by atoms with E-state index in [1.165, 1.54) is 0 Å². The first kappa shape index (κ1) is 10.7. The molecule has 0 aromatic heterocycles. The summed E-state index contributed by atoms with van der Waals surface area (Å²) >= 11 is 0. The second-order valence-corrected chi connectivity index (χ2v) is 3.90. The normalized spacial score (nSPS) is 19.2. The van der Waals surface area contributed by atoms with Gasteiger partial charge in [-0.15, -0.1) is 0 Å². The van der Waals surface area contributed by atoms with Gasteiger partial charge < -0.3 is 16.6 Å². The van der Waals surface area contributed by atoms with Gasteiger partial charge in [-0.1, -0.05) is 5.18 Å². The minimum atomic E-state index is -0.632. The van der Waals surface area contributed by atoms with Gasteiger partial charge in [0.05, 0.1) is 6.10 Å². The number of aliphatic hydroxyl groups is 1. The van der Waals surface area contributed by atoms with E-state index in [2.05, 4.69) is 5.18 Å². The zero-order valence-electron chi connectivity index (χ0n) is 6.60. The number of nitroso groups, excluding NO2 is 1. The molecule has 0 spiro atoms. The van der Waals surface area contributed by atoms with E-state index >= 15 is 0 Å². The van der Waals surface area contributed by atoms with Crippen LogP contribution >= 0.6 is 0 Å². The van der Waals surface area contributed by atoms with Crippen LogP contribution in [0.3, 0.4) is 0 Å². The molecule has 0 saturated carbocycles. The summed E-state index contributed by atoms with van der Waals surface area (Å²) in [4.78, 5) is 10.1. The quantitative estimate of drug-likeness (QED) is 0.320. The van der Waals surface area contributed by atoms with Crippen molar-refractivity contribution in [2.45, 2.75) is 17.7 Å². The molecule has 0 aromatic carbocycles. The molecule has 0 radical (unpaired) electrons. The van der Waals surface area contributed by atoms with Crippen LogP contribution < -0.4 is 11.5 Å². The summed E-state index contributed by atoms with van der Waals surface area (Å²) in [6.45, 7) is 0.356. The summed E-state index contributed by atoms with van der Waals surface area (Å²) in [6, 6.07) is -0.472. The molecule has 0 saturated heterocycles. The predicted molar refractivity (Wildman–Crippen MR) is 47.4 cm³/mol. The highest BCUT2D eigenvalue weighted by Gasteiger charge is 2.22. The minimum Gasteiger partial charge on any atom is -0.392 e. The third-order valence-corrected chi connectivity index (χ3v) is 3.37. The summed E-state index contributed by atoms with van der Waals surface area (Å²) in [6.07, 6.45) is -0.632. The Morgan fingerprint density at radius 2 is 2.00 bits per heavy atom. The monoisotopic (exact) mass is 177 g/mol. The zero-order valence-corrected chi connectivity index (χ0v) is 8.60. The average molecular weight is 177 g/mol. The van der Waals surface area contributed by atoms with Crippen LogP contribution in [0.5, 0.6) is 0 Å². The summed E-state index contributed by atoms with van der Waals surface area (Å²) in [7, 11) is 0.681. The van der Waals surface area contributed by atoms with Gasteiger partial charge in [0.1, 0.15) is 6.04 Å². The maximum Gasteiger partial charge on any atom is 0.106 e. The van der Waals surface area contributed by atoms with E-state index in [1.54, 1.807) is 0 Å². The third kappa shape index (κ3) is 3.06. The van der Waals surface area contributed by atoms with Gasteiger partial charge in [-0.3, -0.25) is 0 Å². The molecule has 66 valence electrons. The minimum absolute atomic E-state index is 0.123. The lowest BCUT2D eigenvalue weighted by atomic mass is 10.1. The van der Waals surface area contributed by atoms with Crippen molar-refractivity contribution in [3.63, 3.8) is 0 Å². The molecule has 3 unspecified atom stereocenters. The van der Waals surface area contributed by atoms with E-state index in [4.69, 9.17) is 11.5 Å². The van der Waals surface area contributed by atoms with Gasteiger partial charge in [-0.25, -0.2) is 0 Å². The van der Waals surface area contributed by atoms with Gasteiger partial charge in [-0.05, 0) is 5.54 Å². The largest absolute Gasteiger partial charge is 0.392 e. The average Bonchev–Trinajstić information content (AvgIpc) is 2.05. The molecule has 0 aromatic rings. The topological polar surface area (TPSA) is 102 Å². The molecule has 11 heavy (non-hydrogen) atoms. The molecule has 0 heterocycles. The summed E-state index contributed by atoms with van der Waals surface area (Å²) in [5.41, 5.74) is 10.3. The summed E-state index contributed by atoms with van der Waals surface area (Å²) in [5, 5.41) is 12.0. The Bertz CT molecular complexity index is 124. The lowest BCUT2D eigenvalue weighted by molar-refractivity contribution is 0.165. The first-order chi connectivity index (χ1) is 5.17. The molecule has 0 aliphatic carbocycles. The van der Waals surface area contributed by atoms with Gasteiger partial charge in [0.15, 0.2) is 0 Å². The fourth-order valence-corrected chi connectivity index (χ4v) is 1.49. The first-order valence-electron chi connectivity index (χ1n) is 3.58. The maximum atomic E-state index is 10.1. The van der Waals surface area contributed by atoms with Crippen molar-refractivity contribution in [2.24, 2.45) is 16.6 Å². The Balaban J connectivity index is 3.96. The van der Waals surface area contributed by atoms with E-state index in [1.807, 2.05) is 0 Å². The van der Waals surface area contributed by atoms with Crippen LogP contribution in [-0.2, 0) is 0 Å². The van der Waals surface area contributed by atoms with Crippen LogP contribution in [0.4, 0.5) is 0 Å². The summed E-state index contributed by atoms with van der Waals surface area (Å²) in [5.74, 6) is 0. The van der Waals surface area contributed by atoms with E-state index in [9.17, 15) is 10.0 Å². The standard InChI is InChI=1S/C5H15N3O2Si/c6-1-3(8-10)5(11)4(9)2-7/h3-5,9H,1-2,6-7H2,11H3. The SMILES string of the molecule is NCC(O)C([SiH3])C(CN)N=O.